The van der Waals surface area contributed by atoms with Gasteiger partial charge in [-0.2, -0.15) is 0 Å². The Morgan fingerprint density at radius 2 is 2.44 bits per heavy atom. The average molecular weight is 223 g/mol. The number of rotatable bonds is 5. The highest BCUT2D eigenvalue weighted by Gasteiger charge is 2.10. The van der Waals surface area contributed by atoms with Crippen molar-refractivity contribution in [2.24, 2.45) is 0 Å². The van der Waals surface area contributed by atoms with E-state index in [-0.39, 0.29) is 17.7 Å². The van der Waals surface area contributed by atoms with E-state index in [1.54, 1.807) is 12.1 Å². The van der Waals surface area contributed by atoms with E-state index in [2.05, 4.69) is 10.3 Å². The third-order valence-electron chi connectivity index (χ3n) is 2.29. The minimum absolute atomic E-state index is 0.230. The maximum Gasteiger partial charge on any atom is 0.272 e. The maximum atomic E-state index is 11.6. The van der Waals surface area contributed by atoms with Crippen molar-refractivity contribution in [3.05, 3.63) is 24.0 Å². The first-order valence-electron chi connectivity index (χ1n) is 5.32. The van der Waals surface area contributed by atoms with Crippen LogP contribution < -0.4 is 11.1 Å². The quantitative estimate of drug-likeness (QED) is 0.680. The van der Waals surface area contributed by atoms with Crippen molar-refractivity contribution in [1.82, 2.24) is 10.3 Å². The number of carbonyl (C=O) groups excluding carboxylic acids is 1. The van der Waals surface area contributed by atoms with Crippen LogP contribution in [0.5, 0.6) is 0 Å². The summed E-state index contributed by atoms with van der Waals surface area (Å²) in [7, 11) is 0. The molecule has 5 nitrogen and oxygen atoms in total. The Morgan fingerprint density at radius 1 is 1.69 bits per heavy atom. The van der Waals surface area contributed by atoms with Gasteiger partial charge in [0.2, 0.25) is 0 Å². The van der Waals surface area contributed by atoms with E-state index in [0.717, 1.165) is 0 Å². The molecule has 1 atom stereocenters. The topological polar surface area (TPSA) is 88.2 Å². The minimum atomic E-state index is -0.374. The normalized spacial score (nSPS) is 12.1. The van der Waals surface area contributed by atoms with Crippen molar-refractivity contribution in [1.29, 1.82) is 0 Å². The molecule has 0 aliphatic carbocycles. The predicted molar refractivity (Wildman–Crippen MR) is 61.9 cm³/mol. The summed E-state index contributed by atoms with van der Waals surface area (Å²) in [6.07, 6.45) is 2.37. The Bertz CT molecular complexity index is 355. The Hall–Kier alpha value is -1.62. The van der Waals surface area contributed by atoms with Gasteiger partial charge in [-0.3, -0.25) is 4.79 Å². The molecule has 0 spiro atoms. The second kappa shape index (κ2) is 6.07. The number of carbonyl (C=O) groups is 1. The van der Waals surface area contributed by atoms with Gasteiger partial charge in [0, 0.05) is 12.7 Å². The number of nitrogens with zero attached hydrogens (tertiary/aromatic N) is 1. The van der Waals surface area contributed by atoms with Gasteiger partial charge >= 0.3 is 0 Å². The van der Waals surface area contributed by atoms with Crippen molar-refractivity contribution in [2.45, 2.75) is 25.9 Å². The van der Waals surface area contributed by atoms with Gasteiger partial charge in [0.25, 0.3) is 5.91 Å². The van der Waals surface area contributed by atoms with E-state index in [1.165, 1.54) is 6.20 Å². The number of anilines is 1. The lowest BCUT2D eigenvalue weighted by molar-refractivity contribution is 0.0938. The Morgan fingerprint density at radius 3 is 3.06 bits per heavy atom. The number of nitrogens with one attached hydrogen (secondary N) is 1. The van der Waals surface area contributed by atoms with Crippen molar-refractivity contribution in [3.63, 3.8) is 0 Å². The van der Waals surface area contributed by atoms with Crippen molar-refractivity contribution >= 4 is 11.6 Å². The molecule has 0 bridgehead atoms. The molecule has 16 heavy (non-hydrogen) atoms. The third-order valence-corrected chi connectivity index (χ3v) is 2.29. The smallest absolute Gasteiger partial charge is 0.272 e. The molecule has 1 rings (SSSR count). The van der Waals surface area contributed by atoms with E-state index in [0.29, 0.717) is 25.1 Å². The fourth-order valence-corrected chi connectivity index (χ4v) is 1.25. The SMILES string of the molecule is CCC(O)CCNC(=O)c1ncccc1N. The molecule has 0 saturated carbocycles. The zero-order valence-corrected chi connectivity index (χ0v) is 9.31. The van der Waals surface area contributed by atoms with Crippen LogP contribution in [0.4, 0.5) is 5.69 Å². The summed E-state index contributed by atoms with van der Waals surface area (Å²) < 4.78 is 0. The predicted octanol–water partition coefficient (Wildman–Crippen LogP) is 0.555. The summed E-state index contributed by atoms with van der Waals surface area (Å²) in [6, 6.07) is 3.30. The Kier molecular flexibility index (Phi) is 4.72. The molecule has 1 aromatic heterocycles. The number of hydrogen-bond donors (Lipinski definition) is 3. The molecule has 5 heteroatoms. The van der Waals surface area contributed by atoms with Crippen LogP contribution in [-0.2, 0) is 0 Å². The molecule has 0 saturated heterocycles. The highest BCUT2D eigenvalue weighted by molar-refractivity contribution is 5.96. The second-order valence-electron chi connectivity index (χ2n) is 3.55. The van der Waals surface area contributed by atoms with E-state index in [9.17, 15) is 9.90 Å². The Balaban J connectivity index is 2.44. The number of hydrogen-bond acceptors (Lipinski definition) is 4. The van der Waals surface area contributed by atoms with Gasteiger partial charge in [-0.05, 0) is 25.0 Å². The first-order chi connectivity index (χ1) is 7.65. The van der Waals surface area contributed by atoms with Crippen LogP contribution in [0.1, 0.15) is 30.3 Å². The lowest BCUT2D eigenvalue weighted by atomic mass is 10.2. The van der Waals surface area contributed by atoms with Gasteiger partial charge in [-0.15, -0.1) is 0 Å². The zero-order valence-electron chi connectivity index (χ0n) is 9.31. The van der Waals surface area contributed by atoms with Crippen LogP contribution >= 0.6 is 0 Å². The monoisotopic (exact) mass is 223 g/mol. The summed E-state index contributed by atoms with van der Waals surface area (Å²) in [5, 5.41) is 12.0. The van der Waals surface area contributed by atoms with Gasteiger partial charge in [0.15, 0.2) is 5.69 Å². The molecular formula is C11H17N3O2. The molecule has 0 aliphatic rings. The van der Waals surface area contributed by atoms with Crippen LogP contribution in [0.3, 0.4) is 0 Å². The van der Waals surface area contributed by atoms with Gasteiger partial charge in [0.1, 0.15) is 0 Å². The van der Waals surface area contributed by atoms with Crippen molar-refractivity contribution in [2.75, 3.05) is 12.3 Å². The molecule has 0 aromatic carbocycles. The van der Waals surface area contributed by atoms with Gasteiger partial charge in [-0.25, -0.2) is 4.98 Å². The molecule has 1 heterocycles. The van der Waals surface area contributed by atoms with E-state index < -0.39 is 0 Å². The highest BCUT2D eigenvalue weighted by Crippen LogP contribution is 2.06. The van der Waals surface area contributed by atoms with Gasteiger partial charge in [-0.1, -0.05) is 6.92 Å². The fraction of sp³-hybridized carbons (Fsp3) is 0.455. The minimum Gasteiger partial charge on any atom is -0.397 e. The van der Waals surface area contributed by atoms with Gasteiger partial charge < -0.3 is 16.2 Å². The van der Waals surface area contributed by atoms with Crippen LogP contribution in [0.25, 0.3) is 0 Å². The molecule has 1 unspecified atom stereocenters. The number of aromatic nitrogens is 1. The largest absolute Gasteiger partial charge is 0.397 e. The van der Waals surface area contributed by atoms with E-state index in [1.807, 2.05) is 6.92 Å². The molecule has 1 aromatic rings. The third kappa shape index (κ3) is 3.51. The number of pyridine rings is 1. The first kappa shape index (κ1) is 12.4. The average Bonchev–Trinajstić information content (AvgIpc) is 2.29. The molecule has 0 radical (unpaired) electrons. The van der Waals surface area contributed by atoms with E-state index >= 15 is 0 Å². The number of nitrogen functional groups attached to an aromatic ring is 1. The number of aliphatic hydroxyl groups is 1. The van der Waals surface area contributed by atoms with Crippen LogP contribution in [0.15, 0.2) is 18.3 Å². The first-order valence-corrected chi connectivity index (χ1v) is 5.32. The fourth-order valence-electron chi connectivity index (χ4n) is 1.25. The van der Waals surface area contributed by atoms with Gasteiger partial charge in [0.05, 0.1) is 11.8 Å². The molecule has 0 fully saturated rings. The summed E-state index contributed by atoms with van der Waals surface area (Å²) in [4.78, 5) is 15.5. The van der Waals surface area contributed by atoms with Crippen LogP contribution in [0, 0.1) is 0 Å². The zero-order chi connectivity index (χ0) is 12.0. The number of amides is 1. The number of nitrogens with two attached hydrogens (primary N) is 1. The highest BCUT2D eigenvalue weighted by atomic mass is 16.3. The second-order valence-corrected chi connectivity index (χ2v) is 3.55. The van der Waals surface area contributed by atoms with Crippen LogP contribution in [0.2, 0.25) is 0 Å². The van der Waals surface area contributed by atoms with Crippen molar-refractivity contribution in [3.8, 4) is 0 Å². The van der Waals surface area contributed by atoms with Crippen LogP contribution in [-0.4, -0.2) is 28.6 Å². The summed E-state index contributed by atoms with van der Waals surface area (Å²) in [5.74, 6) is -0.304. The lowest BCUT2D eigenvalue weighted by Gasteiger charge is -2.09. The molecule has 0 aliphatic heterocycles. The molecule has 4 N–H and O–H groups in total. The summed E-state index contributed by atoms with van der Waals surface area (Å²) in [6.45, 7) is 2.31. The number of aliphatic hydroxyl groups excluding tert-OH is 1. The summed E-state index contributed by atoms with van der Waals surface area (Å²) >= 11 is 0. The maximum absolute atomic E-state index is 11.6. The van der Waals surface area contributed by atoms with Crippen molar-refractivity contribution < 1.29 is 9.90 Å². The Labute approximate surface area is 94.7 Å². The molecule has 88 valence electrons. The lowest BCUT2D eigenvalue weighted by Crippen LogP contribution is -2.28. The summed E-state index contributed by atoms with van der Waals surface area (Å²) in [5.41, 5.74) is 6.19. The standard InChI is InChI=1S/C11H17N3O2/c1-2-8(15)5-7-14-11(16)10-9(12)4-3-6-13-10/h3-4,6,8,15H,2,5,7,12H2,1H3,(H,14,16). The molecular weight excluding hydrogens is 206 g/mol. The molecule has 1 amide bonds. The van der Waals surface area contributed by atoms with E-state index in [4.69, 9.17) is 5.73 Å².